The highest BCUT2D eigenvalue weighted by molar-refractivity contribution is 7.92. The van der Waals surface area contributed by atoms with E-state index in [0.29, 0.717) is 17.8 Å². The third kappa shape index (κ3) is 5.01. The second kappa shape index (κ2) is 6.15. The summed E-state index contributed by atoms with van der Waals surface area (Å²) in [6.45, 7) is 5.87. The number of hydrogen-bond donors (Lipinski definition) is 2. The number of nitrogens with one attached hydrogen (secondary N) is 2. The average Bonchev–Trinajstić information content (AvgIpc) is 2.22. The summed E-state index contributed by atoms with van der Waals surface area (Å²) in [6, 6.07) is 4.38. The standard InChI is InChI=1S/C12H19FN2O2S/c1-9(2)14-6-7-18(16,17)15-11-4-5-12(13)10(3)8-11/h4-5,8-9,14-15H,6-7H2,1-3H3. The van der Waals surface area contributed by atoms with Crippen LogP contribution in [0.3, 0.4) is 0 Å². The van der Waals surface area contributed by atoms with Crippen molar-refractivity contribution in [1.82, 2.24) is 5.32 Å². The molecule has 0 aliphatic rings. The molecule has 1 aromatic carbocycles. The van der Waals surface area contributed by atoms with Crippen LogP contribution in [-0.2, 0) is 10.0 Å². The number of hydrogen-bond acceptors (Lipinski definition) is 3. The average molecular weight is 274 g/mol. The van der Waals surface area contributed by atoms with Crippen molar-refractivity contribution in [2.75, 3.05) is 17.0 Å². The lowest BCUT2D eigenvalue weighted by Gasteiger charge is -2.11. The molecular weight excluding hydrogens is 255 g/mol. The van der Waals surface area contributed by atoms with E-state index < -0.39 is 10.0 Å². The van der Waals surface area contributed by atoms with Crippen LogP contribution in [-0.4, -0.2) is 26.8 Å². The van der Waals surface area contributed by atoms with E-state index in [9.17, 15) is 12.8 Å². The molecule has 0 unspecified atom stereocenters. The Morgan fingerprint density at radius 2 is 2.00 bits per heavy atom. The molecule has 2 N–H and O–H groups in total. The monoisotopic (exact) mass is 274 g/mol. The Hall–Kier alpha value is -1.14. The number of anilines is 1. The van der Waals surface area contributed by atoms with Crippen LogP contribution in [0.15, 0.2) is 18.2 Å². The van der Waals surface area contributed by atoms with Crippen molar-refractivity contribution >= 4 is 15.7 Å². The van der Waals surface area contributed by atoms with Gasteiger partial charge in [-0.05, 0) is 30.7 Å². The van der Waals surface area contributed by atoms with Gasteiger partial charge in [-0.15, -0.1) is 0 Å². The van der Waals surface area contributed by atoms with Gasteiger partial charge < -0.3 is 5.32 Å². The van der Waals surface area contributed by atoms with Gasteiger partial charge >= 0.3 is 0 Å². The lowest BCUT2D eigenvalue weighted by atomic mass is 10.2. The summed E-state index contributed by atoms with van der Waals surface area (Å²) in [6.07, 6.45) is 0. The van der Waals surface area contributed by atoms with Crippen LogP contribution in [0.1, 0.15) is 19.4 Å². The second-order valence-electron chi connectivity index (χ2n) is 4.49. The zero-order valence-corrected chi connectivity index (χ0v) is 11.6. The number of halogens is 1. The van der Waals surface area contributed by atoms with Crippen LogP contribution in [0, 0.1) is 12.7 Å². The van der Waals surface area contributed by atoms with E-state index in [-0.39, 0.29) is 17.6 Å². The summed E-state index contributed by atoms with van der Waals surface area (Å²) >= 11 is 0. The molecule has 18 heavy (non-hydrogen) atoms. The largest absolute Gasteiger partial charge is 0.313 e. The minimum absolute atomic E-state index is 0.0123. The van der Waals surface area contributed by atoms with Crippen molar-refractivity contribution in [1.29, 1.82) is 0 Å². The van der Waals surface area contributed by atoms with E-state index >= 15 is 0 Å². The number of rotatable bonds is 6. The molecule has 0 bridgehead atoms. The van der Waals surface area contributed by atoms with Gasteiger partial charge in [-0.25, -0.2) is 12.8 Å². The summed E-state index contributed by atoms with van der Waals surface area (Å²) in [5, 5.41) is 3.03. The van der Waals surface area contributed by atoms with Crippen molar-refractivity contribution in [2.45, 2.75) is 26.8 Å². The van der Waals surface area contributed by atoms with E-state index in [1.807, 2.05) is 13.8 Å². The lowest BCUT2D eigenvalue weighted by molar-refractivity contribution is 0.581. The van der Waals surface area contributed by atoms with Gasteiger partial charge in [0.15, 0.2) is 0 Å². The van der Waals surface area contributed by atoms with Crippen LogP contribution in [0.25, 0.3) is 0 Å². The quantitative estimate of drug-likeness (QED) is 0.832. The molecule has 6 heteroatoms. The minimum Gasteiger partial charge on any atom is -0.313 e. The maximum Gasteiger partial charge on any atom is 0.233 e. The summed E-state index contributed by atoms with van der Waals surface area (Å²) in [5.74, 6) is -0.360. The number of sulfonamides is 1. The van der Waals surface area contributed by atoms with Gasteiger partial charge in [0.1, 0.15) is 5.82 Å². The minimum atomic E-state index is -3.39. The normalized spacial score (nSPS) is 11.8. The predicted octanol–water partition coefficient (Wildman–Crippen LogP) is 1.87. The zero-order valence-electron chi connectivity index (χ0n) is 10.8. The Bertz CT molecular complexity index is 501. The molecule has 0 fully saturated rings. The number of benzene rings is 1. The Morgan fingerprint density at radius 3 is 2.56 bits per heavy atom. The first-order chi connectivity index (χ1) is 8.30. The third-order valence-electron chi connectivity index (χ3n) is 2.35. The highest BCUT2D eigenvalue weighted by Crippen LogP contribution is 2.14. The highest BCUT2D eigenvalue weighted by atomic mass is 32.2. The molecule has 0 aliphatic heterocycles. The van der Waals surface area contributed by atoms with Gasteiger partial charge in [0.25, 0.3) is 0 Å². The van der Waals surface area contributed by atoms with Crippen LogP contribution >= 0.6 is 0 Å². The summed E-state index contributed by atoms with van der Waals surface area (Å²) in [5.41, 5.74) is 0.800. The van der Waals surface area contributed by atoms with Crippen LogP contribution in [0.2, 0.25) is 0 Å². The van der Waals surface area contributed by atoms with Crippen molar-refractivity contribution in [3.63, 3.8) is 0 Å². The van der Waals surface area contributed by atoms with Crippen molar-refractivity contribution < 1.29 is 12.8 Å². The SMILES string of the molecule is Cc1cc(NS(=O)(=O)CCNC(C)C)ccc1F. The van der Waals surface area contributed by atoms with Gasteiger partial charge in [0.2, 0.25) is 10.0 Å². The van der Waals surface area contributed by atoms with Crippen molar-refractivity contribution in [3.8, 4) is 0 Å². The second-order valence-corrected chi connectivity index (χ2v) is 6.34. The smallest absolute Gasteiger partial charge is 0.233 e. The molecule has 1 aromatic rings. The van der Waals surface area contributed by atoms with Crippen LogP contribution < -0.4 is 10.0 Å². The Labute approximate surface area is 108 Å². The molecule has 0 radical (unpaired) electrons. The molecule has 0 saturated carbocycles. The van der Waals surface area contributed by atoms with Gasteiger partial charge in [-0.3, -0.25) is 4.72 Å². The summed E-state index contributed by atoms with van der Waals surface area (Å²) in [4.78, 5) is 0. The fourth-order valence-electron chi connectivity index (χ4n) is 1.42. The Morgan fingerprint density at radius 1 is 1.33 bits per heavy atom. The van der Waals surface area contributed by atoms with E-state index in [0.717, 1.165) is 0 Å². The van der Waals surface area contributed by atoms with Crippen molar-refractivity contribution in [3.05, 3.63) is 29.6 Å². The predicted molar refractivity (Wildman–Crippen MR) is 71.7 cm³/mol. The van der Waals surface area contributed by atoms with Crippen LogP contribution in [0.4, 0.5) is 10.1 Å². The highest BCUT2D eigenvalue weighted by Gasteiger charge is 2.11. The Balaban J connectivity index is 2.62. The summed E-state index contributed by atoms with van der Waals surface area (Å²) < 4.78 is 38.9. The van der Waals surface area contributed by atoms with Crippen molar-refractivity contribution in [2.24, 2.45) is 0 Å². The third-order valence-corrected chi connectivity index (χ3v) is 3.64. The molecular formula is C12H19FN2O2S. The maximum atomic E-state index is 13.0. The van der Waals surface area contributed by atoms with E-state index in [1.165, 1.54) is 18.2 Å². The molecule has 1 rings (SSSR count). The first-order valence-corrected chi connectivity index (χ1v) is 7.45. The first kappa shape index (κ1) is 14.9. The maximum absolute atomic E-state index is 13.0. The number of aryl methyl sites for hydroxylation is 1. The van der Waals surface area contributed by atoms with E-state index in [2.05, 4.69) is 10.0 Å². The zero-order chi connectivity index (χ0) is 13.8. The molecule has 0 atom stereocenters. The summed E-state index contributed by atoms with van der Waals surface area (Å²) in [7, 11) is -3.39. The first-order valence-electron chi connectivity index (χ1n) is 5.80. The molecule has 0 aromatic heterocycles. The van der Waals surface area contributed by atoms with Gasteiger partial charge in [0, 0.05) is 18.3 Å². The topological polar surface area (TPSA) is 58.2 Å². The molecule has 0 spiro atoms. The Kier molecular flexibility index (Phi) is 5.10. The van der Waals surface area contributed by atoms with E-state index in [1.54, 1.807) is 6.92 Å². The molecule has 4 nitrogen and oxygen atoms in total. The van der Waals surface area contributed by atoms with Gasteiger partial charge in [0.05, 0.1) is 5.75 Å². The fourth-order valence-corrected chi connectivity index (χ4v) is 2.40. The van der Waals surface area contributed by atoms with Gasteiger partial charge in [-0.2, -0.15) is 0 Å². The molecule has 0 saturated heterocycles. The van der Waals surface area contributed by atoms with Gasteiger partial charge in [-0.1, -0.05) is 13.8 Å². The molecule has 0 amide bonds. The van der Waals surface area contributed by atoms with Crippen LogP contribution in [0.5, 0.6) is 0 Å². The van der Waals surface area contributed by atoms with E-state index in [4.69, 9.17) is 0 Å². The molecule has 0 heterocycles. The molecule has 102 valence electrons. The fraction of sp³-hybridized carbons (Fsp3) is 0.500. The molecule has 0 aliphatic carbocycles. The lowest BCUT2D eigenvalue weighted by Crippen LogP contribution is -2.30.